The van der Waals surface area contributed by atoms with Gasteiger partial charge in [0.15, 0.2) is 0 Å². The number of ether oxygens (including phenoxy) is 3. The van der Waals surface area contributed by atoms with E-state index in [1.54, 1.807) is 19.2 Å². The third kappa shape index (κ3) is 2.23. The molecule has 2 aromatic carbocycles. The molecule has 24 heavy (non-hydrogen) atoms. The Hall–Kier alpha value is -2.27. The van der Waals surface area contributed by atoms with Crippen molar-refractivity contribution < 1.29 is 24.1 Å². The van der Waals surface area contributed by atoms with E-state index in [1.165, 1.54) is 0 Å². The zero-order valence-corrected chi connectivity index (χ0v) is 13.7. The molecule has 1 saturated heterocycles. The summed E-state index contributed by atoms with van der Waals surface area (Å²) in [6, 6.07) is 7.27. The Kier molecular flexibility index (Phi) is 3.61. The first-order valence-corrected chi connectivity index (χ1v) is 8.32. The largest absolute Gasteiger partial charge is 0.506 e. The molecule has 0 bridgehead atoms. The molecule has 0 aliphatic carbocycles. The second-order valence-corrected chi connectivity index (χ2v) is 6.42. The number of phenolic OH excluding ortho intramolecular Hbond substituents is 1. The number of esters is 1. The van der Waals surface area contributed by atoms with Crippen molar-refractivity contribution in [3.63, 3.8) is 0 Å². The number of hydrogen-bond acceptors (Lipinski definition) is 5. The first-order valence-electron chi connectivity index (χ1n) is 8.32. The molecule has 5 nitrogen and oxygen atoms in total. The van der Waals surface area contributed by atoms with Crippen LogP contribution in [0.2, 0.25) is 0 Å². The summed E-state index contributed by atoms with van der Waals surface area (Å²) in [6.45, 7) is 2.11. The Morgan fingerprint density at radius 2 is 2.17 bits per heavy atom. The highest BCUT2D eigenvalue weighted by atomic mass is 16.6. The molecule has 3 atom stereocenters. The SMILES string of the molecule is CCC[C@@H]1C[C@H]2OC(=O)c3c(cc4cc(OC)ccc4c3O)[C@H]2O1. The normalized spacial score (nSPS) is 25.2. The Bertz CT molecular complexity index is 813. The van der Waals surface area contributed by atoms with Gasteiger partial charge in [-0.3, -0.25) is 0 Å². The fourth-order valence-corrected chi connectivity index (χ4v) is 3.77. The van der Waals surface area contributed by atoms with Gasteiger partial charge in [-0.2, -0.15) is 0 Å². The summed E-state index contributed by atoms with van der Waals surface area (Å²) in [5.74, 6) is 0.186. The van der Waals surface area contributed by atoms with Crippen LogP contribution in [0.25, 0.3) is 10.8 Å². The van der Waals surface area contributed by atoms with Crippen LogP contribution in [0.15, 0.2) is 24.3 Å². The molecule has 4 rings (SSSR count). The van der Waals surface area contributed by atoms with Crippen LogP contribution in [-0.2, 0) is 9.47 Å². The minimum atomic E-state index is -0.470. The molecule has 1 N–H and O–H groups in total. The second-order valence-electron chi connectivity index (χ2n) is 6.42. The number of benzene rings is 2. The maximum Gasteiger partial charge on any atom is 0.342 e. The fraction of sp³-hybridized carbons (Fsp3) is 0.421. The fourth-order valence-electron chi connectivity index (χ4n) is 3.77. The van der Waals surface area contributed by atoms with Gasteiger partial charge in [0, 0.05) is 17.4 Å². The summed E-state index contributed by atoms with van der Waals surface area (Å²) >= 11 is 0. The number of phenols is 1. The lowest BCUT2D eigenvalue weighted by Gasteiger charge is -2.28. The average Bonchev–Trinajstić information content (AvgIpc) is 2.97. The van der Waals surface area contributed by atoms with Gasteiger partial charge in [-0.25, -0.2) is 4.79 Å². The maximum atomic E-state index is 12.4. The van der Waals surface area contributed by atoms with Crippen molar-refractivity contribution >= 4 is 16.7 Å². The molecule has 0 radical (unpaired) electrons. The van der Waals surface area contributed by atoms with Crippen LogP contribution in [0.1, 0.15) is 48.2 Å². The van der Waals surface area contributed by atoms with Crippen LogP contribution in [0.4, 0.5) is 0 Å². The smallest absolute Gasteiger partial charge is 0.342 e. The summed E-state index contributed by atoms with van der Waals surface area (Å²) in [4.78, 5) is 12.4. The summed E-state index contributed by atoms with van der Waals surface area (Å²) in [5, 5.41) is 12.0. The van der Waals surface area contributed by atoms with Crippen LogP contribution in [0.3, 0.4) is 0 Å². The Balaban J connectivity index is 1.86. The van der Waals surface area contributed by atoms with Gasteiger partial charge in [0.2, 0.25) is 0 Å². The first-order chi connectivity index (χ1) is 11.6. The van der Waals surface area contributed by atoms with Crippen molar-refractivity contribution in [2.24, 2.45) is 0 Å². The molecule has 2 aliphatic rings. The Morgan fingerprint density at radius 3 is 2.92 bits per heavy atom. The van der Waals surface area contributed by atoms with E-state index < -0.39 is 5.97 Å². The van der Waals surface area contributed by atoms with Crippen LogP contribution in [-0.4, -0.2) is 30.4 Å². The molecule has 0 amide bonds. The van der Waals surface area contributed by atoms with E-state index in [2.05, 4.69) is 6.92 Å². The van der Waals surface area contributed by atoms with Crippen molar-refractivity contribution in [1.82, 2.24) is 0 Å². The number of fused-ring (bicyclic) bond motifs is 4. The van der Waals surface area contributed by atoms with E-state index >= 15 is 0 Å². The van der Waals surface area contributed by atoms with Gasteiger partial charge in [-0.1, -0.05) is 13.3 Å². The second kappa shape index (κ2) is 5.67. The lowest BCUT2D eigenvalue weighted by atomic mass is 9.91. The molecule has 2 aliphatic heterocycles. The van der Waals surface area contributed by atoms with E-state index in [0.717, 1.165) is 18.2 Å². The molecule has 0 aromatic heterocycles. The standard InChI is InChI=1S/C19H20O5/c1-3-4-12-9-15-18(23-12)14-8-10-7-11(22-2)5-6-13(10)17(20)16(14)19(21)24-15/h5-8,12,15,18,20H,3-4,9H2,1-2H3/t12-,15-,18-/m1/s1. The maximum absolute atomic E-state index is 12.4. The van der Waals surface area contributed by atoms with Crippen LogP contribution in [0.5, 0.6) is 11.5 Å². The summed E-state index contributed by atoms with van der Waals surface area (Å²) in [5.41, 5.74) is 0.944. The topological polar surface area (TPSA) is 65.0 Å². The molecule has 0 spiro atoms. The summed E-state index contributed by atoms with van der Waals surface area (Å²) in [6.07, 6.45) is 2.17. The predicted octanol–water partition coefficient (Wildman–Crippen LogP) is 3.72. The molecule has 0 saturated carbocycles. The minimum absolute atomic E-state index is 0.0452. The molecule has 126 valence electrons. The number of carbonyl (C=O) groups is 1. The van der Waals surface area contributed by atoms with Gasteiger partial charge in [-0.15, -0.1) is 0 Å². The number of methoxy groups -OCH3 is 1. The van der Waals surface area contributed by atoms with Crippen LogP contribution >= 0.6 is 0 Å². The van der Waals surface area contributed by atoms with E-state index in [1.807, 2.05) is 12.1 Å². The molecule has 2 heterocycles. The van der Waals surface area contributed by atoms with Gasteiger partial charge in [0.1, 0.15) is 29.3 Å². The number of hydrogen-bond donors (Lipinski definition) is 1. The van der Waals surface area contributed by atoms with Gasteiger partial charge in [-0.05, 0) is 36.1 Å². The molecule has 1 fully saturated rings. The Labute approximate surface area is 140 Å². The van der Waals surface area contributed by atoms with Crippen molar-refractivity contribution in [2.75, 3.05) is 7.11 Å². The summed E-state index contributed by atoms with van der Waals surface area (Å²) in [7, 11) is 1.60. The molecular formula is C19H20O5. The highest BCUT2D eigenvalue weighted by molar-refractivity contribution is 6.04. The van der Waals surface area contributed by atoms with Gasteiger partial charge < -0.3 is 19.3 Å². The van der Waals surface area contributed by atoms with Crippen molar-refractivity contribution in [1.29, 1.82) is 0 Å². The molecular weight excluding hydrogens is 308 g/mol. The van der Waals surface area contributed by atoms with E-state index in [4.69, 9.17) is 14.2 Å². The van der Waals surface area contributed by atoms with E-state index in [-0.39, 0.29) is 29.6 Å². The highest BCUT2D eigenvalue weighted by Gasteiger charge is 2.45. The van der Waals surface area contributed by atoms with Gasteiger partial charge in [0.05, 0.1) is 13.2 Å². The molecule has 0 unspecified atom stereocenters. The monoisotopic (exact) mass is 328 g/mol. The summed E-state index contributed by atoms with van der Waals surface area (Å²) < 4.78 is 16.9. The van der Waals surface area contributed by atoms with E-state index in [0.29, 0.717) is 23.1 Å². The average molecular weight is 328 g/mol. The molecule has 5 heteroatoms. The zero-order chi connectivity index (χ0) is 16.8. The van der Waals surface area contributed by atoms with Crippen molar-refractivity contribution in [3.05, 3.63) is 35.4 Å². The van der Waals surface area contributed by atoms with Gasteiger partial charge in [0.25, 0.3) is 0 Å². The number of rotatable bonds is 3. The number of carbonyl (C=O) groups excluding carboxylic acids is 1. The van der Waals surface area contributed by atoms with Crippen molar-refractivity contribution in [3.8, 4) is 11.5 Å². The lowest BCUT2D eigenvalue weighted by molar-refractivity contribution is -0.0232. The van der Waals surface area contributed by atoms with Crippen molar-refractivity contribution in [2.45, 2.75) is 44.5 Å². The first kappa shape index (κ1) is 15.3. The zero-order valence-electron chi connectivity index (χ0n) is 13.7. The quantitative estimate of drug-likeness (QED) is 0.870. The predicted molar refractivity (Wildman–Crippen MR) is 88.5 cm³/mol. The van der Waals surface area contributed by atoms with Crippen LogP contribution < -0.4 is 4.74 Å². The lowest BCUT2D eigenvalue weighted by Crippen LogP contribution is -2.29. The molecule has 2 aromatic rings. The Morgan fingerprint density at radius 1 is 1.33 bits per heavy atom. The van der Waals surface area contributed by atoms with Crippen LogP contribution in [0, 0.1) is 0 Å². The highest BCUT2D eigenvalue weighted by Crippen LogP contribution is 2.46. The van der Waals surface area contributed by atoms with E-state index in [9.17, 15) is 9.90 Å². The third-order valence-corrected chi connectivity index (χ3v) is 4.90. The minimum Gasteiger partial charge on any atom is -0.506 e. The van der Waals surface area contributed by atoms with Gasteiger partial charge >= 0.3 is 5.97 Å². The third-order valence-electron chi connectivity index (χ3n) is 4.90. The number of aromatic hydroxyl groups is 1.